The first-order chi connectivity index (χ1) is 13.1. The fraction of sp³-hybridized carbons (Fsp3) is 0.895. The number of likely N-dealkylation sites (N-methyl/N-ethyl adjacent to an activating group) is 1. The Bertz CT molecular complexity index is 466. The van der Waals surface area contributed by atoms with Crippen LogP contribution < -0.4 is 10.6 Å². The molecule has 2 fully saturated rings. The second-order valence-corrected chi connectivity index (χ2v) is 7.42. The van der Waals surface area contributed by atoms with Crippen molar-refractivity contribution >= 4 is 11.9 Å². The molecule has 0 bridgehead atoms. The van der Waals surface area contributed by atoms with Crippen LogP contribution in [0.25, 0.3) is 0 Å². The highest BCUT2D eigenvalue weighted by Gasteiger charge is 2.30. The molecule has 2 rings (SSSR count). The number of hydrogen-bond acceptors (Lipinski definition) is 5. The van der Waals surface area contributed by atoms with E-state index in [4.69, 9.17) is 9.47 Å². The van der Waals surface area contributed by atoms with Gasteiger partial charge in [0.05, 0.1) is 18.8 Å². The van der Waals surface area contributed by atoms with Crippen LogP contribution in [0.2, 0.25) is 0 Å². The minimum absolute atomic E-state index is 0.0581. The Morgan fingerprint density at radius 3 is 2.70 bits per heavy atom. The molecule has 2 aliphatic heterocycles. The van der Waals surface area contributed by atoms with Crippen LogP contribution in [0.4, 0.5) is 0 Å². The summed E-state index contributed by atoms with van der Waals surface area (Å²) in [5.74, 6) is 1.05. The van der Waals surface area contributed by atoms with Crippen molar-refractivity contribution in [1.29, 1.82) is 0 Å². The van der Waals surface area contributed by atoms with E-state index >= 15 is 0 Å². The van der Waals surface area contributed by atoms with Crippen molar-refractivity contribution in [1.82, 2.24) is 20.4 Å². The standard InChI is InChI=1S/C19H37N5O3/c1-20-19(22-10-6-13-27-16-8-14-26-15-16)21-9-5-12-24-11-4-7-17(24)18(25)23(2)3/h16-17H,4-15H2,1-3H3,(H2,20,21,22). The second kappa shape index (κ2) is 12.2. The van der Waals surface area contributed by atoms with Gasteiger partial charge in [0.1, 0.15) is 0 Å². The summed E-state index contributed by atoms with van der Waals surface area (Å²) >= 11 is 0. The number of guanidine groups is 1. The van der Waals surface area contributed by atoms with Crippen molar-refractivity contribution in [3.63, 3.8) is 0 Å². The molecule has 0 spiro atoms. The third-order valence-electron chi connectivity index (χ3n) is 5.08. The van der Waals surface area contributed by atoms with Crippen LogP contribution in [0.15, 0.2) is 4.99 Å². The molecular weight excluding hydrogens is 346 g/mol. The zero-order valence-corrected chi connectivity index (χ0v) is 17.2. The van der Waals surface area contributed by atoms with Crippen molar-refractivity contribution in [2.45, 2.75) is 44.2 Å². The number of rotatable bonds is 10. The Morgan fingerprint density at radius 1 is 1.26 bits per heavy atom. The summed E-state index contributed by atoms with van der Waals surface area (Å²) in [6, 6.07) is 0.0581. The fourth-order valence-electron chi connectivity index (χ4n) is 3.55. The summed E-state index contributed by atoms with van der Waals surface area (Å²) < 4.78 is 11.1. The van der Waals surface area contributed by atoms with Gasteiger partial charge in [-0.2, -0.15) is 0 Å². The molecule has 2 heterocycles. The number of carbonyl (C=O) groups excluding carboxylic acids is 1. The summed E-state index contributed by atoms with van der Waals surface area (Å²) in [6.07, 6.45) is 5.30. The SMILES string of the molecule is CN=C(NCCCOC1CCOC1)NCCCN1CCCC1C(=O)N(C)C. The van der Waals surface area contributed by atoms with Gasteiger partial charge >= 0.3 is 0 Å². The zero-order chi connectivity index (χ0) is 19.5. The Morgan fingerprint density at radius 2 is 2.04 bits per heavy atom. The Kier molecular flexibility index (Phi) is 9.86. The van der Waals surface area contributed by atoms with Gasteiger partial charge in [-0.25, -0.2) is 0 Å². The molecule has 8 heteroatoms. The van der Waals surface area contributed by atoms with E-state index in [1.54, 1.807) is 11.9 Å². The monoisotopic (exact) mass is 383 g/mol. The van der Waals surface area contributed by atoms with Crippen molar-refractivity contribution in [3.05, 3.63) is 0 Å². The third-order valence-corrected chi connectivity index (χ3v) is 5.08. The average molecular weight is 384 g/mol. The van der Waals surface area contributed by atoms with E-state index in [1.165, 1.54) is 0 Å². The molecular formula is C19H37N5O3. The number of carbonyl (C=O) groups is 1. The normalized spacial score (nSPS) is 23.6. The molecule has 0 aliphatic carbocycles. The lowest BCUT2D eigenvalue weighted by atomic mass is 10.2. The van der Waals surface area contributed by atoms with Crippen LogP contribution in [0.5, 0.6) is 0 Å². The minimum atomic E-state index is 0.0581. The van der Waals surface area contributed by atoms with Crippen molar-refractivity contribution in [2.75, 3.05) is 67.1 Å². The Balaban J connectivity index is 1.53. The molecule has 0 aromatic carbocycles. The summed E-state index contributed by atoms with van der Waals surface area (Å²) in [5, 5.41) is 6.67. The van der Waals surface area contributed by atoms with Crippen LogP contribution >= 0.6 is 0 Å². The molecule has 0 radical (unpaired) electrons. The lowest BCUT2D eigenvalue weighted by Crippen LogP contribution is -2.44. The van der Waals surface area contributed by atoms with Gasteiger partial charge in [0, 0.05) is 54.0 Å². The van der Waals surface area contributed by atoms with Crippen LogP contribution in [-0.4, -0.2) is 101 Å². The number of hydrogen-bond donors (Lipinski definition) is 2. The third kappa shape index (κ3) is 7.63. The number of aliphatic imine (C=N–C) groups is 1. The maximum atomic E-state index is 12.2. The summed E-state index contributed by atoms with van der Waals surface area (Å²) in [7, 11) is 5.46. The van der Waals surface area contributed by atoms with Crippen LogP contribution in [0, 0.1) is 0 Å². The Labute approximate surface area is 163 Å². The van der Waals surface area contributed by atoms with E-state index in [9.17, 15) is 4.79 Å². The maximum absolute atomic E-state index is 12.2. The smallest absolute Gasteiger partial charge is 0.239 e. The number of nitrogens with one attached hydrogen (secondary N) is 2. The summed E-state index contributed by atoms with van der Waals surface area (Å²) in [4.78, 5) is 20.5. The molecule has 2 aliphatic rings. The highest BCUT2D eigenvalue weighted by atomic mass is 16.5. The predicted molar refractivity (Wildman–Crippen MR) is 107 cm³/mol. The first-order valence-electron chi connectivity index (χ1n) is 10.2. The molecule has 8 nitrogen and oxygen atoms in total. The van der Waals surface area contributed by atoms with Gasteiger partial charge < -0.3 is 25.0 Å². The van der Waals surface area contributed by atoms with Gasteiger partial charge in [-0.1, -0.05) is 0 Å². The minimum Gasteiger partial charge on any atom is -0.379 e. The van der Waals surface area contributed by atoms with Crippen molar-refractivity contribution in [2.24, 2.45) is 4.99 Å². The Hall–Kier alpha value is -1.38. The van der Waals surface area contributed by atoms with E-state index in [1.807, 2.05) is 14.1 Å². The van der Waals surface area contributed by atoms with E-state index in [0.717, 1.165) is 84.1 Å². The quantitative estimate of drug-likeness (QED) is 0.321. The van der Waals surface area contributed by atoms with Gasteiger partial charge in [0.15, 0.2) is 5.96 Å². The van der Waals surface area contributed by atoms with E-state index in [-0.39, 0.29) is 18.1 Å². The molecule has 1 amide bonds. The van der Waals surface area contributed by atoms with Crippen LogP contribution in [0.1, 0.15) is 32.1 Å². The first kappa shape index (κ1) is 21.9. The topological polar surface area (TPSA) is 78.4 Å². The van der Waals surface area contributed by atoms with Crippen LogP contribution in [-0.2, 0) is 14.3 Å². The summed E-state index contributed by atoms with van der Waals surface area (Å²) in [5.41, 5.74) is 0. The molecule has 2 atom stereocenters. The largest absolute Gasteiger partial charge is 0.379 e. The molecule has 2 N–H and O–H groups in total. The van der Waals surface area contributed by atoms with Gasteiger partial charge in [0.25, 0.3) is 0 Å². The molecule has 156 valence electrons. The van der Waals surface area contributed by atoms with Gasteiger partial charge in [-0.05, 0) is 38.6 Å². The highest BCUT2D eigenvalue weighted by Crippen LogP contribution is 2.18. The number of nitrogens with zero attached hydrogens (tertiary/aromatic N) is 3. The molecule has 0 aromatic rings. The van der Waals surface area contributed by atoms with Gasteiger partial charge in [0.2, 0.25) is 5.91 Å². The van der Waals surface area contributed by atoms with Crippen molar-refractivity contribution < 1.29 is 14.3 Å². The molecule has 0 aromatic heterocycles. The lowest BCUT2D eigenvalue weighted by molar-refractivity contribution is -0.133. The van der Waals surface area contributed by atoms with E-state index < -0.39 is 0 Å². The van der Waals surface area contributed by atoms with Crippen LogP contribution in [0.3, 0.4) is 0 Å². The second-order valence-electron chi connectivity index (χ2n) is 7.42. The van der Waals surface area contributed by atoms with Gasteiger partial charge in [-0.3, -0.25) is 14.7 Å². The van der Waals surface area contributed by atoms with E-state index in [0.29, 0.717) is 0 Å². The highest BCUT2D eigenvalue weighted by molar-refractivity contribution is 5.81. The van der Waals surface area contributed by atoms with E-state index in [2.05, 4.69) is 20.5 Å². The summed E-state index contributed by atoms with van der Waals surface area (Å²) in [6.45, 7) is 5.92. The van der Waals surface area contributed by atoms with Gasteiger partial charge in [-0.15, -0.1) is 0 Å². The predicted octanol–water partition coefficient (Wildman–Crippen LogP) is 0.290. The molecule has 2 saturated heterocycles. The molecule has 2 unspecified atom stereocenters. The average Bonchev–Trinajstić information content (AvgIpc) is 3.34. The lowest BCUT2D eigenvalue weighted by Gasteiger charge is -2.26. The maximum Gasteiger partial charge on any atom is 0.239 e. The first-order valence-corrected chi connectivity index (χ1v) is 10.2. The number of amides is 1. The number of likely N-dealkylation sites (tertiary alicyclic amines) is 1. The number of ether oxygens (including phenoxy) is 2. The molecule has 0 saturated carbocycles. The van der Waals surface area contributed by atoms with Crippen molar-refractivity contribution in [3.8, 4) is 0 Å². The zero-order valence-electron chi connectivity index (χ0n) is 17.2. The molecule has 27 heavy (non-hydrogen) atoms. The fourth-order valence-corrected chi connectivity index (χ4v) is 3.55.